The molecule has 2 N–H and O–H groups in total. The van der Waals surface area contributed by atoms with Crippen molar-refractivity contribution in [2.45, 2.75) is 45.1 Å². The van der Waals surface area contributed by atoms with Crippen LogP contribution in [-0.4, -0.2) is 23.7 Å². The van der Waals surface area contributed by atoms with Crippen LogP contribution < -0.4 is 10.6 Å². The normalized spacial score (nSPS) is 23.0. The van der Waals surface area contributed by atoms with Gasteiger partial charge in [0.05, 0.1) is 11.3 Å². The number of carbonyl (C=O) groups is 1. The second-order valence-corrected chi connectivity index (χ2v) is 7.99. The Labute approximate surface area is 139 Å². The van der Waals surface area contributed by atoms with Crippen molar-refractivity contribution in [1.82, 2.24) is 10.5 Å². The summed E-state index contributed by atoms with van der Waals surface area (Å²) in [6.07, 6.45) is 3.96. The number of hydrogen-bond acceptors (Lipinski definition) is 5. The summed E-state index contributed by atoms with van der Waals surface area (Å²) >= 11 is 1.74. The molecular weight excluding hydrogens is 310 g/mol. The predicted molar refractivity (Wildman–Crippen MR) is 90.1 cm³/mol. The number of aromatic nitrogens is 1. The number of anilines is 1. The lowest BCUT2D eigenvalue weighted by atomic mass is 10.2. The number of rotatable bonds is 6. The van der Waals surface area contributed by atoms with Gasteiger partial charge in [0.2, 0.25) is 5.88 Å². The third-order valence-electron chi connectivity index (χ3n) is 4.57. The van der Waals surface area contributed by atoms with Crippen LogP contribution in [0, 0.1) is 19.8 Å². The summed E-state index contributed by atoms with van der Waals surface area (Å²) in [4.78, 5) is 14.8. The zero-order chi connectivity index (χ0) is 16.0. The second-order valence-electron chi connectivity index (χ2n) is 6.71. The fourth-order valence-electron chi connectivity index (χ4n) is 2.89. The number of nitrogens with zero attached hydrogens (tertiary/aromatic N) is 1. The van der Waals surface area contributed by atoms with Gasteiger partial charge in [-0.15, -0.1) is 11.3 Å². The second kappa shape index (κ2) is 5.76. The number of nitrogens with one attached hydrogen (secondary N) is 2. The zero-order valence-electron chi connectivity index (χ0n) is 13.4. The first-order valence-electron chi connectivity index (χ1n) is 8.18. The van der Waals surface area contributed by atoms with E-state index in [1.807, 2.05) is 19.9 Å². The van der Waals surface area contributed by atoms with Crippen molar-refractivity contribution < 1.29 is 9.32 Å². The van der Waals surface area contributed by atoms with Crippen molar-refractivity contribution in [3.05, 3.63) is 33.1 Å². The summed E-state index contributed by atoms with van der Waals surface area (Å²) in [6, 6.07) is 4.36. The van der Waals surface area contributed by atoms with Crippen molar-refractivity contribution in [1.29, 1.82) is 0 Å². The van der Waals surface area contributed by atoms with Gasteiger partial charge in [0.1, 0.15) is 0 Å². The molecule has 122 valence electrons. The molecule has 2 saturated carbocycles. The maximum Gasteiger partial charge on any atom is 0.259 e. The van der Waals surface area contributed by atoms with Crippen LogP contribution in [0.1, 0.15) is 51.0 Å². The highest BCUT2D eigenvalue weighted by Gasteiger charge is 2.40. The number of hydrogen-bond donors (Lipinski definition) is 2. The van der Waals surface area contributed by atoms with Gasteiger partial charge in [-0.05, 0) is 51.6 Å². The maximum absolute atomic E-state index is 12.4. The Balaban J connectivity index is 1.39. The first-order chi connectivity index (χ1) is 11.1. The van der Waals surface area contributed by atoms with Crippen LogP contribution in [0.5, 0.6) is 0 Å². The van der Waals surface area contributed by atoms with Gasteiger partial charge in [-0.2, -0.15) is 0 Å². The quantitative estimate of drug-likeness (QED) is 0.850. The van der Waals surface area contributed by atoms with Gasteiger partial charge in [0, 0.05) is 27.8 Å². The van der Waals surface area contributed by atoms with Crippen LogP contribution in [0.2, 0.25) is 0 Å². The van der Waals surface area contributed by atoms with E-state index in [9.17, 15) is 4.79 Å². The van der Waals surface area contributed by atoms with Crippen LogP contribution in [0.4, 0.5) is 5.88 Å². The molecule has 2 atom stereocenters. The largest absolute Gasteiger partial charge is 0.338 e. The van der Waals surface area contributed by atoms with E-state index in [1.54, 1.807) is 17.4 Å². The molecule has 0 spiro atoms. The third kappa shape index (κ3) is 3.33. The molecule has 2 fully saturated rings. The number of carbonyl (C=O) groups excluding carboxylic acids is 1. The molecule has 5 nitrogen and oxygen atoms in total. The SMILES string of the molecule is Cc1cc(NC(=O)c2cc(C3CC3NCC3CC3)sc2C)on1. The topological polar surface area (TPSA) is 67.2 Å². The summed E-state index contributed by atoms with van der Waals surface area (Å²) in [6.45, 7) is 4.99. The first kappa shape index (κ1) is 14.9. The van der Waals surface area contributed by atoms with Crippen molar-refractivity contribution in [3.63, 3.8) is 0 Å². The molecule has 2 unspecified atom stereocenters. The summed E-state index contributed by atoms with van der Waals surface area (Å²) in [7, 11) is 0. The lowest BCUT2D eigenvalue weighted by Crippen LogP contribution is -2.20. The highest BCUT2D eigenvalue weighted by Crippen LogP contribution is 2.45. The Kier molecular flexibility index (Phi) is 3.73. The predicted octanol–water partition coefficient (Wildman–Crippen LogP) is 3.46. The van der Waals surface area contributed by atoms with E-state index in [4.69, 9.17) is 4.52 Å². The zero-order valence-corrected chi connectivity index (χ0v) is 14.2. The van der Waals surface area contributed by atoms with E-state index >= 15 is 0 Å². The van der Waals surface area contributed by atoms with E-state index < -0.39 is 0 Å². The van der Waals surface area contributed by atoms with Crippen LogP contribution in [0.15, 0.2) is 16.7 Å². The molecule has 2 aliphatic carbocycles. The van der Waals surface area contributed by atoms with Crippen molar-refractivity contribution >= 4 is 23.1 Å². The minimum atomic E-state index is -0.121. The van der Waals surface area contributed by atoms with E-state index in [2.05, 4.69) is 15.8 Å². The van der Waals surface area contributed by atoms with Crippen molar-refractivity contribution in [3.8, 4) is 0 Å². The molecule has 2 aromatic rings. The van der Waals surface area contributed by atoms with Gasteiger partial charge >= 0.3 is 0 Å². The molecule has 1 amide bonds. The number of amides is 1. The molecule has 2 aromatic heterocycles. The summed E-state index contributed by atoms with van der Waals surface area (Å²) in [5.74, 6) is 1.76. The molecule has 6 heteroatoms. The molecule has 4 rings (SSSR count). The van der Waals surface area contributed by atoms with Gasteiger partial charge in [0.15, 0.2) is 0 Å². The average Bonchev–Trinajstić information content (AvgIpc) is 3.40. The molecule has 0 aliphatic heterocycles. The van der Waals surface area contributed by atoms with Crippen molar-refractivity contribution in [2.24, 2.45) is 5.92 Å². The lowest BCUT2D eigenvalue weighted by Gasteiger charge is -2.00. The van der Waals surface area contributed by atoms with E-state index in [1.165, 1.54) is 24.1 Å². The van der Waals surface area contributed by atoms with E-state index in [0.29, 0.717) is 17.8 Å². The standard InChI is InChI=1S/C17H21N3O2S/c1-9-5-16(22-20-9)19-17(21)12-7-15(23-10(12)2)13-6-14(13)18-8-11-3-4-11/h5,7,11,13-14,18H,3-4,6,8H2,1-2H3,(H,19,21). The molecule has 0 radical (unpaired) electrons. The third-order valence-corrected chi connectivity index (χ3v) is 5.75. The fourth-order valence-corrected chi connectivity index (χ4v) is 4.09. The molecular formula is C17H21N3O2S. The lowest BCUT2D eigenvalue weighted by molar-refractivity contribution is 0.102. The molecule has 2 heterocycles. The van der Waals surface area contributed by atoms with Crippen LogP contribution in [0.3, 0.4) is 0 Å². The first-order valence-corrected chi connectivity index (χ1v) is 9.00. The summed E-state index contributed by atoms with van der Waals surface area (Å²) < 4.78 is 5.05. The molecule has 0 bridgehead atoms. The smallest absolute Gasteiger partial charge is 0.259 e. The van der Waals surface area contributed by atoms with Gasteiger partial charge < -0.3 is 9.84 Å². The van der Waals surface area contributed by atoms with E-state index in [-0.39, 0.29) is 5.91 Å². The Morgan fingerprint density at radius 1 is 1.39 bits per heavy atom. The minimum absolute atomic E-state index is 0.121. The molecule has 0 saturated heterocycles. The fraction of sp³-hybridized carbons (Fsp3) is 0.529. The molecule has 23 heavy (non-hydrogen) atoms. The number of thiophene rings is 1. The van der Waals surface area contributed by atoms with Gasteiger partial charge in [-0.1, -0.05) is 5.16 Å². The Morgan fingerprint density at radius 2 is 2.22 bits per heavy atom. The molecule has 0 aromatic carbocycles. The van der Waals surface area contributed by atoms with Crippen molar-refractivity contribution in [2.75, 3.05) is 11.9 Å². The van der Waals surface area contributed by atoms with Gasteiger partial charge in [-0.3, -0.25) is 10.1 Å². The highest BCUT2D eigenvalue weighted by atomic mass is 32.1. The molecule has 2 aliphatic rings. The highest BCUT2D eigenvalue weighted by molar-refractivity contribution is 7.12. The van der Waals surface area contributed by atoms with Gasteiger partial charge in [0.25, 0.3) is 5.91 Å². The summed E-state index contributed by atoms with van der Waals surface area (Å²) in [5.41, 5.74) is 1.50. The van der Waals surface area contributed by atoms with Gasteiger partial charge in [-0.25, -0.2) is 0 Å². The Morgan fingerprint density at radius 3 is 2.91 bits per heavy atom. The van der Waals surface area contributed by atoms with Crippen LogP contribution in [0.25, 0.3) is 0 Å². The Hall–Kier alpha value is -1.66. The maximum atomic E-state index is 12.4. The Bertz CT molecular complexity index is 732. The van der Waals surface area contributed by atoms with Crippen LogP contribution in [-0.2, 0) is 0 Å². The minimum Gasteiger partial charge on any atom is -0.338 e. The van der Waals surface area contributed by atoms with Crippen LogP contribution >= 0.6 is 11.3 Å². The van der Waals surface area contributed by atoms with E-state index in [0.717, 1.165) is 28.6 Å². The number of aryl methyl sites for hydroxylation is 2. The monoisotopic (exact) mass is 331 g/mol. The summed E-state index contributed by atoms with van der Waals surface area (Å²) in [5, 5.41) is 10.2. The average molecular weight is 331 g/mol.